The van der Waals surface area contributed by atoms with Gasteiger partial charge in [-0.3, -0.25) is 92.3 Å². The summed E-state index contributed by atoms with van der Waals surface area (Å²) in [6, 6.07) is -13.5. The Morgan fingerprint density at radius 2 is 0.755 bits per heavy atom. The van der Waals surface area contributed by atoms with E-state index in [1.54, 1.807) is 48.6 Å². The van der Waals surface area contributed by atoms with E-state index in [1.165, 1.54) is 53.4 Å². The summed E-state index contributed by atoms with van der Waals surface area (Å²) < 4.78 is 0. The van der Waals surface area contributed by atoms with Gasteiger partial charge in [-0.05, 0) is 170 Å². The van der Waals surface area contributed by atoms with E-state index in [4.69, 9.17) is 51.0 Å². The number of amides is 17. The number of aromatic hydroxyl groups is 2. The lowest BCUT2D eigenvalue weighted by atomic mass is 9.94. The number of hydrogen-bond acceptors (Lipinski definition) is 30. The number of aliphatic hydroxyl groups is 1. The number of phenolic OH excluding ortho intramolecular Hbond substituents is 2. The number of carbonyl (C=O) groups is 18. The van der Waals surface area contributed by atoms with E-state index in [1.807, 2.05) is 0 Å². The molecule has 1 aliphatic heterocycles. The number of aliphatic hydroxyl groups excluding tert-OH is 1. The Balaban J connectivity index is 1.91. The number of nitrogens with zero attached hydrogens (tertiary/aromatic N) is 1. The highest BCUT2D eigenvalue weighted by molar-refractivity contribution is 7.80. The van der Waals surface area contributed by atoms with Crippen LogP contribution < -0.4 is 136 Å². The zero-order valence-electron chi connectivity index (χ0n) is 79.8. The smallest absolute Gasteiger partial charge is 0.326 e. The third-order valence-corrected chi connectivity index (χ3v) is 23.6. The second-order valence-corrected chi connectivity index (χ2v) is 35.0. The van der Waals surface area contributed by atoms with Gasteiger partial charge in [-0.25, -0.2) is 4.79 Å². The molecule has 2 aromatic carbocycles. The monoisotopic (exact) mass is 2000 g/mol. The van der Waals surface area contributed by atoms with Gasteiger partial charge in [0.05, 0.1) is 19.1 Å². The number of unbranched alkanes of at least 4 members (excludes halogenated alkanes) is 1. The van der Waals surface area contributed by atoms with Crippen LogP contribution in [0, 0.1) is 28.6 Å². The Kier molecular flexibility index (Phi) is 54.8. The topological polar surface area (TPSA) is 838 Å². The summed E-state index contributed by atoms with van der Waals surface area (Å²) in [5.41, 5.74) is 40.9. The zero-order valence-corrected chi connectivity index (χ0v) is 81.6. The minimum atomic E-state index is -1.96. The summed E-state index contributed by atoms with van der Waals surface area (Å²) in [4.78, 5) is 255. The highest BCUT2D eigenvalue weighted by atomic mass is 32.1. The van der Waals surface area contributed by atoms with E-state index >= 15 is 0 Å². The summed E-state index contributed by atoms with van der Waals surface area (Å²) in [5.74, 6) is -21.5. The molecular formula is C87H146N28O22S2. The van der Waals surface area contributed by atoms with E-state index < -0.39 is 257 Å². The number of aliphatic carboxylic acids is 1. The van der Waals surface area contributed by atoms with Gasteiger partial charge in [0.15, 0.2) is 11.9 Å². The van der Waals surface area contributed by atoms with Gasteiger partial charge in [-0.15, -0.1) is 0 Å². The Hall–Kier alpha value is -12.5. The maximum atomic E-state index is 14.8. The fourth-order valence-electron chi connectivity index (χ4n) is 14.5. The number of benzene rings is 2. The predicted octanol–water partition coefficient (Wildman–Crippen LogP) is -8.98. The van der Waals surface area contributed by atoms with Crippen molar-refractivity contribution in [2.24, 2.45) is 57.9 Å². The van der Waals surface area contributed by atoms with Gasteiger partial charge in [0, 0.05) is 44.0 Å². The normalized spacial score (nSPS) is 16.1. The molecule has 52 heteroatoms. The van der Waals surface area contributed by atoms with Crippen LogP contribution in [0.5, 0.6) is 11.5 Å². The summed E-state index contributed by atoms with van der Waals surface area (Å²) in [6.45, 7) is 10.8. The second kappa shape index (κ2) is 63.2. The fraction of sp³-hybridized carbons (Fsp3) is 0.632. The molecule has 38 N–H and O–H groups in total. The summed E-state index contributed by atoms with van der Waals surface area (Å²) >= 11 is 8.59. The quantitative estimate of drug-likeness (QED) is 0.0127. The first-order valence-electron chi connectivity index (χ1n) is 46.2. The molecule has 1 saturated heterocycles. The van der Waals surface area contributed by atoms with Crippen molar-refractivity contribution in [3.8, 4) is 11.5 Å². The molecule has 17 amide bonds. The Labute approximate surface area is 818 Å². The minimum absolute atomic E-state index is 0.0434. The van der Waals surface area contributed by atoms with Gasteiger partial charge in [0.25, 0.3) is 0 Å². The molecule has 1 aliphatic rings. The standard InChI is InChI=1S/C87H146N28O22S2/c1-9-45(5)67(113-82(133)68(46(6)10-2)112-80(131)63-19-15-37-115(63)84(135)66(44(3)4)111-65(120)41-97-8)81(132)107-58(38-48-20-24-50(117)25-21-48)76(127)110-62(43-139)79(130)106-59(40-64(92)119)77(128)102-53(17-13-35-98-86(93)94)70(121)103-57(30-34-91)75(126)114-69(47(7)116)83(134)105-56(29-33-90)74(125)100-52(16-11-12-31-88)72(123)109-61(42-138)78(129)104-55(28-32-89)73(124)101-54(18-14-36-99-87(95)96)71(122)108-60(85(136)137)39-49-22-26-51(118)27-23-49/h20-27,44-47,52-63,66-69,97,116-118,138-139H,9-19,28-43,88-91H2,1-8H3,(H2,92,119)(H,100,125)(H,101,124)(H,102,128)(H,103,121)(H,104,129)(H,105,134)(H,106,130)(H,107,132)(H,108,122)(H,109,123)(H,110,127)(H,111,120)(H,112,131)(H,113,133)(H,114,126)(H,136,137)(H4,93,94,98)(H4,95,96,99)/t45-,46-,47+,52-,53-,54-,55-,56+,57-,58-,59-,60-,61-,62-,63-,66-,67-,68-,69-/m0/s1. The molecule has 0 spiro atoms. The molecule has 139 heavy (non-hydrogen) atoms. The molecule has 0 aromatic heterocycles. The van der Waals surface area contributed by atoms with Crippen LogP contribution in [0.4, 0.5) is 0 Å². The van der Waals surface area contributed by atoms with Gasteiger partial charge in [0.2, 0.25) is 100 Å². The number of hydrogen-bond donors (Lipinski definition) is 33. The number of thiol groups is 2. The Bertz CT molecular complexity index is 4430. The number of likely N-dealkylation sites (tertiary alicyclic amines) is 1. The third-order valence-electron chi connectivity index (χ3n) is 22.8. The van der Waals surface area contributed by atoms with Crippen molar-refractivity contribution in [3.63, 3.8) is 0 Å². The lowest BCUT2D eigenvalue weighted by Gasteiger charge is -2.33. The van der Waals surface area contributed by atoms with Crippen molar-refractivity contribution >= 4 is 144 Å². The zero-order chi connectivity index (χ0) is 104. The van der Waals surface area contributed by atoms with Crippen LogP contribution in [0.25, 0.3) is 0 Å². The maximum Gasteiger partial charge on any atom is 0.326 e. The molecule has 3 rings (SSSR count). The van der Waals surface area contributed by atoms with Gasteiger partial charge >= 0.3 is 5.97 Å². The summed E-state index contributed by atoms with van der Waals surface area (Å²) in [7, 11) is 1.57. The molecule has 0 saturated carbocycles. The van der Waals surface area contributed by atoms with Crippen LogP contribution in [0.3, 0.4) is 0 Å². The number of nitrogens with one attached hydrogen (secondary N) is 20. The van der Waals surface area contributed by atoms with E-state index in [0.717, 1.165) is 6.92 Å². The molecule has 2 aromatic rings. The van der Waals surface area contributed by atoms with Gasteiger partial charge in [0.1, 0.15) is 108 Å². The maximum absolute atomic E-state index is 14.8. The molecule has 19 atom stereocenters. The number of phenols is 2. The molecule has 1 heterocycles. The Morgan fingerprint density at radius 1 is 0.417 bits per heavy atom. The number of nitrogens with two attached hydrogens (primary N) is 7. The highest BCUT2D eigenvalue weighted by Gasteiger charge is 2.44. The molecule has 50 nitrogen and oxygen atoms in total. The third kappa shape index (κ3) is 42.4. The number of guanidine groups is 2. The fourth-order valence-corrected chi connectivity index (χ4v) is 15.0. The summed E-state index contributed by atoms with van der Waals surface area (Å²) in [5, 5.41) is 102. The average Bonchev–Trinajstić information content (AvgIpc) is 1.59. The molecule has 0 radical (unpaired) electrons. The second-order valence-electron chi connectivity index (χ2n) is 34.2. The molecule has 0 unspecified atom stereocenters. The van der Waals surface area contributed by atoms with Gasteiger partial charge < -0.3 is 161 Å². The first-order chi connectivity index (χ1) is 65.8. The number of rotatable bonds is 65. The number of carboxylic acids is 1. The lowest BCUT2D eigenvalue weighted by Crippen LogP contribution is -2.63. The van der Waals surface area contributed by atoms with E-state index in [-0.39, 0.29) is 147 Å². The molecule has 1 fully saturated rings. The van der Waals surface area contributed by atoms with Crippen molar-refractivity contribution in [3.05, 3.63) is 59.7 Å². The van der Waals surface area contributed by atoms with Crippen LogP contribution in [0.15, 0.2) is 48.5 Å². The first kappa shape index (κ1) is 121. The SMILES string of the molecule is CC[C@H](C)[C@H](NC(=O)[C@@H](NC(=O)[C@@H]1CCCN1C(=O)[C@@H](NC(=O)CNC)C(C)C)[C@@H](C)CC)C(=O)N[C@@H](Cc1ccc(O)cc1)C(=O)N[C@@H](CS)C(=O)N[C@@H](CC(N)=O)C(=O)N[C@@H](CCCNC(=N)N)C(=O)N[C@@H](CCN)C(=O)N[C@H](C(=O)N[C@H](CCN)C(=O)N[C@@H](CCCCN)C(=O)N[C@@H](CS)C(=O)N[C@@H](CCN)C(=O)N[C@@H](CCCNC(=N)N)C(=O)N[C@@H](Cc1ccc(O)cc1)C(=O)O)[C@@H](C)O. The predicted molar refractivity (Wildman–Crippen MR) is 518 cm³/mol. The van der Waals surface area contributed by atoms with E-state index in [9.17, 15) is 107 Å². The average molecular weight is 2000 g/mol. The largest absolute Gasteiger partial charge is 0.508 e. The van der Waals surface area contributed by atoms with Gasteiger partial charge in [-0.1, -0.05) is 78.6 Å². The molecule has 0 bridgehead atoms. The van der Waals surface area contributed by atoms with Crippen molar-refractivity contribution in [1.29, 1.82) is 10.8 Å². The molecular weight excluding hydrogens is 1850 g/mol. The van der Waals surface area contributed by atoms with E-state index in [2.05, 4.69) is 121 Å². The number of carboxylic acid groups (broad SMARTS) is 1. The van der Waals surface area contributed by atoms with Crippen molar-refractivity contribution in [2.45, 2.75) is 260 Å². The van der Waals surface area contributed by atoms with Crippen molar-refractivity contribution < 1.29 is 107 Å². The van der Waals surface area contributed by atoms with Crippen LogP contribution >= 0.6 is 25.3 Å². The summed E-state index contributed by atoms with van der Waals surface area (Å²) in [6.07, 6.45) is -3.14. The molecule has 0 aliphatic carbocycles. The van der Waals surface area contributed by atoms with E-state index in [0.29, 0.717) is 30.4 Å². The Morgan fingerprint density at radius 3 is 1.14 bits per heavy atom. The lowest BCUT2D eigenvalue weighted by molar-refractivity contribution is -0.143. The minimum Gasteiger partial charge on any atom is -0.508 e. The van der Waals surface area contributed by atoms with Crippen LogP contribution in [-0.2, 0) is 99.1 Å². The molecule has 778 valence electrons. The number of primary amides is 1. The number of carbonyl (C=O) groups excluding carboxylic acids is 17. The van der Waals surface area contributed by atoms with Crippen LogP contribution in [0.2, 0.25) is 0 Å². The van der Waals surface area contributed by atoms with Crippen molar-refractivity contribution in [2.75, 3.05) is 70.9 Å². The first-order valence-corrected chi connectivity index (χ1v) is 47.5. The van der Waals surface area contributed by atoms with Gasteiger partial charge in [-0.2, -0.15) is 25.3 Å². The van der Waals surface area contributed by atoms with Crippen LogP contribution in [0.1, 0.15) is 156 Å². The van der Waals surface area contributed by atoms with Crippen molar-refractivity contribution in [1.82, 2.24) is 101 Å². The number of likely N-dealkylation sites (N-methyl/N-ethyl adjacent to an activating group) is 1. The van der Waals surface area contributed by atoms with Crippen LogP contribution in [-0.4, -0.2) is 317 Å². The highest BCUT2D eigenvalue weighted by Crippen LogP contribution is 2.24.